The van der Waals surface area contributed by atoms with E-state index in [-0.39, 0.29) is 11.9 Å². The maximum absolute atomic E-state index is 13.3. The molecule has 19 heavy (non-hydrogen) atoms. The molecular formula is C14H13Cl2FN2. The van der Waals surface area contributed by atoms with E-state index in [1.807, 2.05) is 13.1 Å². The first kappa shape index (κ1) is 14.3. The summed E-state index contributed by atoms with van der Waals surface area (Å²) in [4.78, 5) is 3.95. The zero-order valence-electron chi connectivity index (χ0n) is 10.3. The van der Waals surface area contributed by atoms with Crippen molar-refractivity contribution in [3.8, 4) is 0 Å². The number of halogens is 3. The molecular weight excluding hydrogens is 286 g/mol. The molecule has 0 aliphatic carbocycles. The summed E-state index contributed by atoms with van der Waals surface area (Å²) in [6, 6.07) is 6.15. The van der Waals surface area contributed by atoms with Gasteiger partial charge in [0, 0.05) is 23.5 Å². The lowest BCUT2D eigenvalue weighted by Crippen LogP contribution is -2.19. The normalized spacial score (nSPS) is 12.4. The molecule has 0 fully saturated rings. The van der Waals surface area contributed by atoms with Crippen LogP contribution in [0.2, 0.25) is 10.0 Å². The van der Waals surface area contributed by atoms with Gasteiger partial charge in [0.2, 0.25) is 0 Å². The zero-order chi connectivity index (χ0) is 13.8. The van der Waals surface area contributed by atoms with Crippen LogP contribution < -0.4 is 5.32 Å². The molecule has 2 nitrogen and oxygen atoms in total. The first-order valence-corrected chi connectivity index (χ1v) is 6.58. The molecule has 0 aliphatic heterocycles. The summed E-state index contributed by atoms with van der Waals surface area (Å²) in [7, 11) is 1.83. The van der Waals surface area contributed by atoms with Gasteiger partial charge in [-0.2, -0.15) is 0 Å². The maximum atomic E-state index is 13.3. The summed E-state index contributed by atoms with van der Waals surface area (Å²) < 4.78 is 13.3. The van der Waals surface area contributed by atoms with Crippen molar-refractivity contribution in [2.75, 3.05) is 7.05 Å². The predicted octanol–water partition coefficient (Wildman–Crippen LogP) is 4.03. The van der Waals surface area contributed by atoms with Crippen molar-refractivity contribution in [1.82, 2.24) is 10.3 Å². The molecule has 2 rings (SSSR count). The van der Waals surface area contributed by atoms with Gasteiger partial charge in [-0.1, -0.05) is 23.2 Å². The van der Waals surface area contributed by atoms with Crippen LogP contribution in [0.5, 0.6) is 0 Å². The average molecular weight is 299 g/mol. The number of hydrogen-bond donors (Lipinski definition) is 1. The van der Waals surface area contributed by atoms with Gasteiger partial charge < -0.3 is 5.32 Å². The first-order chi connectivity index (χ1) is 9.11. The number of benzene rings is 1. The van der Waals surface area contributed by atoms with Crippen LogP contribution in [-0.2, 0) is 6.42 Å². The summed E-state index contributed by atoms with van der Waals surface area (Å²) in [6.45, 7) is 0. The Kier molecular flexibility index (Phi) is 4.75. The van der Waals surface area contributed by atoms with E-state index in [0.29, 0.717) is 16.5 Å². The molecule has 100 valence electrons. The molecule has 0 saturated heterocycles. The fourth-order valence-electron chi connectivity index (χ4n) is 1.96. The van der Waals surface area contributed by atoms with Crippen molar-refractivity contribution in [2.24, 2.45) is 0 Å². The highest BCUT2D eigenvalue weighted by Crippen LogP contribution is 2.27. The highest BCUT2D eigenvalue weighted by Gasteiger charge is 2.15. The molecule has 0 bridgehead atoms. The molecule has 0 amide bonds. The van der Waals surface area contributed by atoms with E-state index in [1.54, 1.807) is 18.5 Å². The third kappa shape index (κ3) is 3.44. The molecule has 0 aliphatic rings. The van der Waals surface area contributed by atoms with Gasteiger partial charge in [0.15, 0.2) is 0 Å². The highest BCUT2D eigenvalue weighted by atomic mass is 35.5. The van der Waals surface area contributed by atoms with E-state index in [0.717, 1.165) is 11.1 Å². The zero-order valence-corrected chi connectivity index (χ0v) is 11.8. The van der Waals surface area contributed by atoms with Crippen LogP contribution in [0.25, 0.3) is 0 Å². The van der Waals surface area contributed by atoms with E-state index in [2.05, 4.69) is 10.3 Å². The number of likely N-dealkylation sites (N-methyl/N-ethyl adjacent to an activating group) is 1. The number of hydrogen-bond acceptors (Lipinski definition) is 2. The Morgan fingerprint density at radius 1 is 1.26 bits per heavy atom. The Bertz CT molecular complexity index is 575. The van der Waals surface area contributed by atoms with Gasteiger partial charge in [0.1, 0.15) is 5.82 Å². The second-order valence-corrected chi connectivity index (χ2v) is 4.99. The van der Waals surface area contributed by atoms with Gasteiger partial charge in [0.05, 0.1) is 5.02 Å². The van der Waals surface area contributed by atoms with Crippen LogP contribution in [0.3, 0.4) is 0 Å². The Hall–Kier alpha value is -1.16. The third-order valence-electron chi connectivity index (χ3n) is 2.96. The van der Waals surface area contributed by atoms with Crippen LogP contribution in [0.15, 0.2) is 36.7 Å². The van der Waals surface area contributed by atoms with Gasteiger partial charge >= 0.3 is 0 Å². The number of rotatable bonds is 4. The van der Waals surface area contributed by atoms with Crippen LogP contribution in [0.4, 0.5) is 4.39 Å². The highest BCUT2D eigenvalue weighted by molar-refractivity contribution is 6.31. The van der Waals surface area contributed by atoms with Gasteiger partial charge in [0.25, 0.3) is 0 Å². The molecule has 0 saturated carbocycles. The first-order valence-electron chi connectivity index (χ1n) is 5.82. The monoisotopic (exact) mass is 298 g/mol. The Morgan fingerprint density at radius 3 is 2.74 bits per heavy atom. The Balaban J connectivity index is 2.29. The van der Waals surface area contributed by atoms with E-state index in [9.17, 15) is 4.39 Å². The van der Waals surface area contributed by atoms with Crippen molar-refractivity contribution in [3.05, 3.63) is 63.6 Å². The molecule has 1 aromatic heterocycles. The predicted molar refractivity (Wildman–Crippen MR) is 76.2 cm³/mol. The molecule has 1 aromatic carbocycles. The average Bonchev–Trinajstić information content (AvgIpc) is 2.41. The van der Waals surface area contributed by atoms with E-state index in [1.165, 1.54) is 12.1 Å². The molecule has 1 unspecified atom stereocenters. The summed E-state index contributed by atoms with van der Waals surface area (Å²) in [5.41, 5.74) is 1.66. The lowest BCUT2D eigenvalue weighted by Gasteiger charge is -2.18. The molecule has 0 spiro atoms. The number of aromatic nitrogens is 1. The van der Waals surface area contributed by atoms with Gasteiger partial charge in [-0.05, 0) is 48.9 Å². The number of nitrogens with one attached hydrogen (secondary N) is 1. The minimum atomic E-state index is -0.296. The SMILES string of the molecule is CNC(Cc1cc(F)ccc1Cl)c1ccncc1Cl. The van der Waals surface area contributed by atoms with Crippen LogP contribution >= 0.6 is 23.2 Å². The summed E-state index contributed by atoms with van der Waals surface area (Å²) in [5, 5.41) is 4.29. The lowest BCUT2D eigenvalue weighted by molar-refractivity contribution is 0.584. The van der Waals surface area contributed by atoms with Crippen molar-refractivity contribution >= 4 is 23.2 Å². The second-order valence-electron chi connectivity index (χ2n) is 4.18. The van der Waals surface area contributed by atoms with Crippen LogP contribution in [0.1, 0.15) is 17.2 Å². The third-order valence-corrected chi connectivity index (χ3v) is 3.64. The largest absolute Gasteiger partial charge is 0.313 e. The van der Waals surface area contributed by atoms with Gasteiger partial charge in [-0.3, -0.25) is 4.98 Å². The van der Waals surface area contributed by atoms with E-state index >= 15 is 0 Å². The Labute approximate surface area is 121 Å². The summed E-state index contributed by atoms with van der Waals surface area (Å²) >= 11 is 12.2. The molecule has 1 N–H and O–H groups in total. The van der Waals surface area contributed by atoms with Crippen LogP contribution in [-0.4, -0.2) is 12.0 Å². The fourth-order valence-corrected chi connectivity index (χ4v) is 2.40. The van der Waals surface area contributed by atoms with Crippen LogP contribution in [0, 0.1) is 5.82 Å². The molecule has 1 atom stereocenters. The minimum Gasteiger partial charge on any atom is -0.313 e. The van der Waals surface area contributed by atoms with Crippen molar-refractivity contribution < 1.29 is 4.39 Å². The summed E-state index contributed by atoms with van der Waals surface area (Å²) in [5.74, 6) is -0.296. The van der Waals surface area contributed by atoms with E-state index in [4.69, 9.17) is 23.2 Å². The van der Waals surface area contributed by atoms with Crippen molar-refractivity contribution in [1.29, 1.82) is 0 Å². The standard InChI is InChI=1S/C14H13Cl2FN2/c1-18-14(11-4-5-19-8-13(11)16)7-9-6-10(17)2-3-12(9)15/h2-6,8,14,18H,7H2,1H3. The topological polar surface area (TPSA) is 24.9 Å². The molecule has 2 aromatic rings. The summed E-state index contributed by atoms with van der Waals surface area (Å²) in [6.07, 6.45) is 3.82. The molecule has 1 heterocycles. The Morgan fingerprint density at radius 2 is 2.05 bits per heavy atom. The van der Waals surface area contributed by atoms with E-state index < -0.39 is 0 Å². The fraction of sp³-hybridized carbons (Fsp3) is 0.214. The molecule has 0 radical (unpaired) electrons. The number of pyridine rings is 1. The lowest BCUT2D eigenvalue weighted by atomic mass is 9.99. The minimum absolute atomic E-state index is 0.0465. The maximum Gasteiger partial charge on any atom is 0.123 e. The quantitative estimate of drug-likeness (QED) is 0.922. The smallest absolute Gasteiger partial charge is 0.123 e. The van der Waals surface area contributed by atoms with Crippen molar-refractivity contribution in [3.63, 3.8) is 0 Å². The molecule has 5 heteroatoms. The number of nitrogens with zero attached hydrogens (tertiary/aromatic N) is 1. The van der Waals surface area contributed by atoms with Gasteiger partial charge in [-0.25, -0.2) is 4.39 Å². The second kappa shape index (κ2) is 6.33. The van der Waals surface area contributed by atoms with Gasteiger partial charge in [-0.15, -0.1) is 0 Å². The van der Waals surface area contributed by atoms with Crippen molar-refractivity contribution in [2.45, 2.75) is 12.5 Å².